The number of ether oxygens (including phenoxy) is 1. The molecule has 0 bridgehead atoms. The van der Waals surface area contributed by atoms with Crippen LogP contribution in [-0.4, -0.2) is 18.5 Å². The Bertz CT molecular complexity index is 86.5. The zero-order valence-electron chi connectivity index (χ0n) is 4.96. The van der Waals surface area contributed by atoms with Crippen molar-refractivity contribution in [2.45, 2.75) is 32.0 Å². The van der Waals surface area contributed by atoms with Gasteiger partial charge in [0.2, 0.25) is 0 Å². The van der Waals surface area contributed by atoms with Crippen molar-refractivity contribution in [3.05, 3.63) is 0 Å². The van der Waals surface area contributed by atoms with Gasteiger partial charge in [0.1, 0.15) is 12.4 Å². The number of carbonyl (C=O) groups excluding carboxylic acids is 1. The van der Waals surface area contributed by atoms with Crippen LogP contribution in [0, 0.1) is 0 Å². The van der Waals surface area contributed by atoms with E-state index in [9.17, 15) is 4.79 Å². The van der Waals surface area contributed by atoms with Crippen molar-refractivity contribution in [3.8, 4) is 0 Å². The third-order valence-electron chi connectivity index (χ3n) is 1.12. The van der Waals surface area contributed by atoms with Gasteiger partial charge in [0.25, 0.3) is 0 Å². The molecule has 0 N–H and O–H groups in total. The van der Waals surface area contributed by atoms with Crippen molar-refractivity contribution in [3.63, 3.8) is 0 Å². The summed E-state index contributed by atoms with van der Waals surface area (Å²) in [5, 5.41) is 0. The first-order valence-corrected chi connectivity index (χ1v) is 2.93. The van der Waals surface area contributed by atoms with Crippen LogP contribution in [-0.2, 0) is 9.53 Å². The fraction of sp³-hybridized carbons (Fsp3) is 0.833. The van der Waals surface area contributed by atoms with Crippen LogP contribution < -0.4 is 0 Å². The Morgan fingerprint density at radius 3 is 2.75 bits per heavy atom. The summed E-state index contributed by atoms with van der Waals surface area (Å²) in [5.74, 6) is 0. The summed E-state index contributed by atoms with van der Waals surface area (Å²) in [6.07, 6.45) is 3.31. The second kappa shape index (κ2) is 2.27. The first kappa shape index (κ1) is 5.76. The van der Waals surface area contributed by atoms with Crippen molar-refractivity contribution in [2.75, 3.05) is 0 Å². The molecule has 2 heteroatoms. The highest BCUT2D eigenvalue weighted by atomic mass is 16.5. The summed E-state index contributed by atoms with van der Waals surface area (Å²) in [4.78, 5) is 9.94. The predicted molar refractivity (Wildman–Crippen MR) is 29.6 cm³/mol. The highest BCUT2D eigenvalue weighted by molar-refractivity contribution is 5.55. The Morgan fingerprint density at radius 2 is 2.38 bits per heavy atom. The minimum Gasteiger partial charge on any atom is -0.368 e. The molecule has 0 spiro atoms. The van der Waals surface area contributed by atoms with Crippen molar-refractivity contribution in [1.29, 1.82) is 0 Å². The summed E-state index contributed by atoms with van der Waals surface area (Å²) >= 11 is 0. The summed E-state index contributed by atoms with van der Waals surface area (Å²) in [7, 11) is 0. The van der Waals surface area contributed by atoms with Gasteiger partial charge in [-0.25, -0.2) is 0 Å². The molecule has 0 heterocycles. The van der Waals surface area contributed by atoms with Crippen LogP contribution in [0.25, 0.3) is 0 Å². The molecule has 46 valence electrons. The van der Waals surface area contributed by atoms with Crippen molar-refractivity contribution in [2.24, 2.45) is 0 Å². The smallest absolute Gasteiger partial charge is 0.148 e. The molecule has 0 radical (unpaired) electrons. The topological polar surface area (TPSA) is 26.3 Å². The first-order chi connectivity index (χ1) is 3.83. The average Bonchev–Trinajstić information content (AvgIpc) is 2.50. The van der Waals surface area contributed by atoms with Gasteiger partial charge < -0.3 is 9.53 Å². The van der Waals surface area contributed by atoms with Crippen LogP contribution in [0.15, 0.2) is 0 Å². The number of hydrogen-bond donors (Lipinski definition) is 0. The number of aldehydes is 1. The SMILES string of the molecule is CC(C=O)OC1CC1. The predicted octanol–water partition coefficient (Wildman–Crippen LogP) is 0.753. The van der Waals surface area contributed by atoms with Crippen molar-refractivity contribution in [1.82, 2.24) is 0 Å². The zero-order valence-corrected chi connectivity index (χ0v) is 4.96. The molecule has 0 aromatic carbocycles. The van der Waals surface area contributed by atoms with E-state index in [1.165, 1.54) is 0 Å². The maximum Gasteiger partial charge on any atom is 0.148 e. The van der Waals surface area contributed by atoms with E-state index in [4.69, 9.17) is 4.74 Å². The van der Waals surface area contributed by atoms with E-state index in [0.717, 1.165) is 19.1 Å². The van der Waals surface area contributed by atoms with Crippen LogP contribution in [0.4, 0.5) is 0 Å². The number of carbonyl (C=O) groups is 1. The Labute approximate surface area is 48.8 Å². The van der Waals surface area contributed by atoms with Crippen LogP contribution in [0.3, 0.4) is 0 Å². The molecule has 1 fully saturated rings. The van der Waals surface area contributed by atoms with Gasteiger partial charge in [-0.1, -0.05) is 0 Å². The van der Waals surface area contributed by atoms with Crippen LogP contribution in [0.1, 0.15) is 19.8 Å². The largest absolute Gasteiger partial charge is 0.368 e. The maximum absolute atomic E-state index is 9.94. The summed E-state index contributed by atoms with van der Waals surface area (Å²) in [5.41, 5.74) is 0. The Kier molecular flexibility index (Phi) is 1.63. The third-order valence-corrected chi connectivity index (χ3v) is 1.12. The van der Waals surface area contributed by atoms with E-state index in [-0.39, 0.29) is 6.10 Å². The first-order valence-electron chi connectivity index (χ1n) is 2.93. The molecular formula is C6H10O2. The molecule has 8 heavy (non-hydrogen) atoms. The maximum atomic E-state index is 9.94. The van der Waals surface area contributed by atoms with Gasteiger partial charge in [0.15, 0.2) is 0 Å². The number of hydrogen-bond acceptors (Lipinski definition) is 2. The van der Waals surface area contributed by atoms with Gasteiger partial charge in [-0.2, -0.15) is 0 Å². The Hall–Kier alpha value is -0.370. The molecule has 1 saturated carbocycles. The Morgan fingerprint density at radius 1 is 1.75 bits per heavy atom. The summed E-state index contributed by atoms with van der Waals surface area (Å²) in [6.45, 7) is 1.77. The monoisotopic (exact) mass is 114 g/mol. The molecule has 0 amide bonds. The molecule has 0 aliphatic heterocycles. The highest BCUT2D eigenvalue weighted by Gasteiger charge is 2.23. The van der Waals surface area contributed by atoms with Gasteiger partial charge in [-0.05, 0) is 19.8 Å². The van der Waals surface area contributed by atoms with Gasteiger partial charge in [-0.3, -0.25) is 0 Å². The molecule has 1 unspecified atom stereocenters. The fourth-order valence-corrected chi connectivity index (χ4v) is 0.540. The molecule has 1 aliphatic rings. The highest BCUT2D eigenvalue weighted by Crippen LogP contribution is 2.24. The molecular weight excluding hydrogens is 104 g/mol. The van der Waals surface area contributed by atoms with E-state index in [1.54, 1.807) is 6.92 Å². The second-order valence-corrected chi connectivity index (χ2v) is 2.18. The normalized spacial score (nSPS) is 22.6. The summed E-state index contributed by atoms with van der Waals surface area (Å²) in [6, 6.07) is 0. The molecule has 2 nitrogen and oxygen atoms in total. The quantitative estimate of drug-likeness (QED) is 0.506. The van der Waals surface area contributed by atoms with Crippen molar-refractivity contribution < 1.29 is 9.53 Å². The van der Waals surface area contributed by atoms with Gasteiger partial charge in [0.05, 0.1) is 6.10 Å². The molecule has 0 saturated heterocycles. The lowest BCUT2D eigenvalue weighted by Gasteiger charge is -2.01. The lowest BCUT2D eigenvalue weighted by Crippen LogP contribution is -2.10. The summed E-state index contributed by atoms with van der Waals surface area (Å²) < 4.78 is 5.14. The molecule has 0 aromatic rings. The minimum atomic E-state index is -0.192. The zero-order chi connectivity index (χ0) is 5.98. The lowest BCUT2D eigenvalue weighted by atomic mass is 10.5. The average molecular weight is 114 g/mol. The van der Waals surface area contributed by atoms with Crippen LogP contribution in [0.2, 0.25) is 0 Å². The molecule has 0 aromatic heterocycles. The lowest BCUT2D eigenvalue weighted by molar-refractivity contribution is -0.117. The molecule has 1 aliphatic carbocycles. The Balaban J connectivity index is 2.06. The molecule has 1 rings (SSSR count). The van der Waals surface area contributed by atoms with Crippen molar-refractivity contribution >= 4 is 6.29 Å². The van der Waals surface area contributed by atoms with Crippen LogP contribution >= 0.6 is 0 Å². The molecule has 1 atom stereocenters. The van der Waals surface area contributed by atoms with E-state index in [2.05, 4.69) is 0 Å². The number of rotatable bonds is 3. The third kappa shape index (κ3) is 1.62. The minimum absolute atomic E-state index is 0.192. The van der Waals surface area contributed by atoms with E-state index < -0.39 is 0 Å². The van der Waals surface area contributed by atoms with Gasteiger partial charge in [-0.15, -0.1) is 0 Å². The van der Waals surface area contributed by atoms with Gasteiger partial charge >= 0.3 is 0 Å². The van der Waals surface area contributed by atoms with Gasteiger partial charge in [0, 0.05) is 0 Å². The van der Waals surface area contributed by atoms with E-state index in [0.29, 0.717) is 6.10 Å². The second-order valence-electron chi connectivity index (χ2n) is 2.18. The fourth-order valence-electron chi connectivity index (χ4n) is 0.540. The van der Waals surface area contributed by atoms with E-state index in [1.807, 2.05) is 0 Å². The standard InChI is InChI=1S/C6H10O2/c1-5(4-7)8-6-2-3-6/h4-6H,2-3H2,1H3. The van der Waals surface area contributed by atoms with Crippen LogP contribution in [0.5, 0.6) is 0 Å². The van der Waals surface area contributed by atoms with E-state index >= 15 is 0 Å².